The molecule has 2 aromatic heterocycles. The smallest absolute Gasteiger partial charge is 0.225 e. The molecule has 0 saturated carbocycles. The maximum atomic E-state index is 12.1. The summed E-state index contributed by atoms with van der Waals surface area (Å²) in [6.07, 6.45) is 5.95. The molecule has 3 rings (SSSR count). The fourth-order valence-corrected chi connectivity index (χ4v) is 3.23. The number of benzene rings is 1. The second kappa shape index (κ2) is 9.23. The molecule has 27 heavy (non-hydrogen) atoms. The van der Waals surface area contributed by atoms with E-state index in [-0.39, 0.29) is 5.91 Å². The number of anilines is 1. The highest BCUT2D eigenvalue weighted by Crippen LogP contribution is 2.15. The van der Waals surface area contributed by atoms with Crippen LogP contribution in [0.4, 0.5) is 5.69 Å². The quantitative estimate of drug-likeness (QED) is 0.589. The molecule has 1 aromatic carbocycles. The molecule has 0 radical (unpaired) electrons. The zero-order chi connectivity index (χ0) is 19.1. The molecule has 0 saturated heterocycles. The maximum Gasteiger partial charge on any atom is 0.225 e. The van der Waals surface area contributed by atoms with E-state index >= 15 is 0 Å². The summed E-state index contributed by atoms with van der Waals surface area (Å²) in [6.45, 7) is 4.35. The summed E-state index contributed by atoms with van der Waals surface area (Å²) in [4.78, 5) is 12.1. The number of carbonyl (C=O) groups excluding carboxylic acids is 1. The van der Waals surface area contributed by atoms with Crippen LogP contribution in [0.1, 0.15) is 29.0 Å². The van der Waals surface area contributed by atoms with E-state index in [9.17, 15) is 4.79 Å². The fraction of sp³-hybridized carbons (Fsp3) is 0.250. The lowest BCUT2D eigenvalue weighted by Crippen LogP contribution is -2.11. The number of hydrogen-bond acceptors (Lipinski definition) is 5. The number of thioether (sulfide) groups is 1. The molecule has 140 valence electrons. The first kappa shape index (κ1) is 19.0. The molecule has 0 spiro atoms. The van der Waals surface area contributed by atoms with Gasteiger partial charge < -0.3 is 9.84 Å². The van der Waals surface area contributed by atoms with E-state index in [2.05, 4.69) is 15.6 Å². The Hall–Kier alpha value is -2.80. The van der Waals surface area contributed by atoms with Gasteiger partial charge in [-0.25, -0.2) is 0 Å². The van der Waals surface area contributed by atoms with Crippen LogP contribution in [0, 0.1) is 13.8 Å². The van der Waals surface area contributed by atoms with Crippen LogP contribution in [0.5, 0.6) is 0 Å². The Morgan fingerprint density at radius 3 is 2.85 bits per heavy atom. The molecule has 0 unspecified atom stereocenters. The van der Waals surface area contributed by atoms with Gasteiger partial charge in [-0.15, -0.1) is 11.8 Å². The number of aryl methyl sites for hydroxylation is 2. The highest BCUT2D eigenvalue weighted by molar-refractivity contribution is 8.02. The number of hydrogen-bond donors (Lipinski definition) is 1. The third kappa shape index (κ3) is 5.59. The zero-order valence-electron chi connectivity index (χ0n) is 15.4. The predicted octanol–water partition coefficient (Wildman–Crippen LogP) is 4.27. The van der Waals surface area contributed by atoms with E-state index in [1.54, 1.807) is 22.6 Å². The van der Waals surface area contributed by atoms with Crippen LogP contribution < -0.4 is 5.32 Å². The van der Waals surface area contributed by atoms with E-state index in [1.807, 2.05) is 61.9 Å². The molecular formula is C20H22N4O2S. The molecule has 0 fully saturated rings. The summed E-state index contributed by atoms with van der Waals surface area (Å²) in [6, 6.07) is 10.1. The maximum absolute atomic E-state index is 12.1. The SMILES string of the molecule is Cc1noc(C)c1Cn1cc(NC(=O)CCSC=Cc2ccccc2)cn1. The Labute approximate surface area is 162 Å². The van der Waals surface area contributed by atoms with Crippen LogP contribution in [0.15, 0.2) is 52.7 Å². The van der Waals surface area contributed by atoms with Crippen LogP contribution in [-0.2, 0) is 11.3 Å². The minimum absolute atomic E-state index is 0.0208. The number of nitrogens with zero attached hydrogens (tertiary/aromatic N) is 3. The molecule has 1 amide bonds. The van der Waals surface area contributed by atoms with Crippen molar-refractivity contribution in [1.29, 1.82) is 0 Å². The van der Waals surface area contributed by atoms with Crippen molar-refractivity contribution in [3.05, 3.63) is 70.7 Å². The van der Waals surface area contributed by atoms with Crippen LogP contribution in [0.25, 0.3) is 6.08 Å². The van der Waals surface area contributed by atoms with Gasteiger partial charge in [-0.05, 0) is 30.9 Å². The van der Waals surface area contributed by atoms with Crippen LogP contribution in [0.3, 0.4) is 0 Å². The topological polar surface area (TPSA) is 73.0 Å². The van der Waals surface area contributed by atoms with Gasteiger partial charge in [0.05, 0.1) is 24.1 Å². The van der Waals surface area contributed by atoms with Crippen molar-refractivity contribution < 1.29 is 9.32 Å². The molecule has 0 bridgehead atoms. The van der Waals surface area contributed by atoms with Gasteiger partial charge in [-0.2, -0.15) is 5.10 Å². The van der Waals surface area contributed by atoms with Crippen molar-refractivity contribution in [2.75, 3.05) is 11.1 Å². The third-order valence-electron chi connectivity index (χ3n) is 4.02. The van der Waals surface area contributed by atoms with Crippen molar-refractivity contribution in [3.8, 4) is 0 Å². The summed E-state index contributed by atoms with van der Waals surface area (Å²) < 4.78 is 6.93. The Bertz CT molecular complexity index is 896. The highest BCUT2D eigenvalue weighted by Gasteiger charge is 2.11. The van der Waals surface area contributed by atoms with Crippen LogP contribution in [0.2, 0.25) is 0 Å². The average molecular weight is 382 g/mol. The van der Waals surface area contributed by atoms with Gasteiger partial charge in [-0.3, -0.25) is 9.48 Å². The second-order valence-electron chi connectivity index (χ2n) is 6.11. The first-order chi connectivity index (χ1) is 13.1. The van der Waals surface area contributed by atoms with Crippen molar-refractivity contribution in [3.63, 3.8) is 0 Å². The molecule has 7 heteroatoms. The highest BCUT2D eigenvalue weighted by atomic mass is 32.2. The number of aromatic nitrogens is 3. The fourth-order valence-electron chi connectivity index (χ4n) is 2.54. The standard InChI is InChI=1S/C20H22N4O2S/c1-15-19(16(2)26-23-15)14-24-13-18(12-21-24)22-20(25)9-11-27-10-8-17-6-4-3-5-7-17/h3-8,10,12-13H,9,11,14H2,1-2H3,(H,22,25). The molecule has 0 aliphatic heterocycles. The van der Waals surface area contributed by atoms with Crippen molar-refractivity contribution in [2.45, 2.75) is 26.8 Å². The van der Waals surface area contributed by atoms with Crippen LogP contribution in [-0.4, -0.2) is 26.6 Å². The summed E-state index contributed by atoms with van der Waals surface area (Å²) in [5, 5.41) is 13.1. The van der Waals surface area contributed by atoms with E-state index in [4.69, 9.17) is 4.52 Å². The average Bonchev–Trinajstić information content (AvgIpc) is 3.23. The Kier molecular flexibility index (Phi) is 6.49. The number of amides is 1. The minimum atomic E-state index is -0.0208. The van der Waals surface area contributed by atoms with E-state index < -0.39 is 0 Å². The van der Waals surface area contributed by atoms with E-state index in [1.165, 1.54) is 0 Å². The monoisotopic (exact) mass is 382 g/mol. The normalized spacial score (nSPS) is 11.2. The molecule has 0 aliphatic carbocycles. The van der Waals surface area contributed by atoms with Gasteiger partial charge in [0.1, 0.15) is 5.76 Å². The second-order valence-corrected chi connectivity index (χ2v) is 7.13. The van der Waals surface area contributed by atoms with Crippen molar-refractivity contribution in [1.82, 2.24) is 14.9 Å². The number of nitrogens with one attached hydrogen (secondary N) is 1. The predicted molar refractivity (Wildman–Crippen MR) is 108 cm³/mol. The summed E-state index contributed by atoms with van der Waals surface area (Å²) in [5.41, 5.74) is 3.71. The van der Waals surface area contributed by atoms with Gasteiger partial charge in [0, 0.05) is 23.9 Å². The lowest BCUT2D eigenvalue weighted by Gasteiger charge is -2.02. The van der Waals surface area contributed by atoms with Gasteiger partial charge >= 0.3 is 0 Å². The molecule has 0 atom stereocenters. The van der Waals surface area contributed by atoms with Gasteiger partial charge in [0.15, 0.2) is 0 Å². The Morgan fingerprint density at radius 1 is 1.30 bits per heavy atom. The zero-order valence-corrected chi connectivity index (χ0v) is 16.2. The van der Waals surface area contributed by atoms with Gasteiger partial charge in [-0.1, -0.05) is 35.5 Å². The van der Waals surface area contributed by atoms with Crippen LogP contribution >= 0.6 is 11.8 Å². The van der Waals surface area contributed by atoms with Crippen molar-refractivity contribution in [2.24, 2.45) is 0 Å². The molecule has 6 nitrogen and oxygen atoms in total. The Morgan fingerprint density at radius 2 is 2.11 bits per heavy atom. The van der Waals surface area contributed by atoms with Gasteiger partial charge in [0.2, 0.25) is 5.91 Å². The Balaban J connectivity index is 1.42. The first-order valence-corrected chi connectivity index (χ1v) is 9.74. The largest absolute Gasteiger partial charge is 0.361 e. The molecular weight excluding hydrogens is 360 g/mol. The van der Waals surface area contributed by atoms with Gasteiger partial charge in [0.25, 0.3) is 0 Å². The van der Waals surface area contributed by atoms with E-state index in [0.29, 0.717) is 18.7 Å². The lowest BCUT2D eigenvalue weighted by atomic mass is 10.2. The third-order valence-corrected chi connectivity index (χ3v) is 4.79. The summed E-state index contributed by atoms with van der Waals surface area (Å²) in [5.74, 6) is 1.49. The lowest BCUT2D eigenvalue weighted by molar-refractivity contribution is -0.115. The molecule has 3 aromatic rings. The summed E-state index contributed by atoms with van der Waals surface area (Å²) >= 11 is 1.62. The summed E-state index contributed by atoms with van der Waals surface area (Å²) in [7, 11) is 0. The molecule has 1 N–H and O–H groups in total. The number of carbonyl (C=O) groups is 1. The first-order valence-electron chi connectivity index (χ1n) is 8.69. The molecule has 0 aliphatic rings. The molecule has 2 heterocycles. The van der Waals surface area contributed by atoms with E-state index in [0.717, 1.165) is 28.3 Å². The number of rotatable bonds is 8. The van der Waals surface area contributed by atoms with Crippen molar-refractivity contribution >= 4 is 29.4 Å². The minimum Gasteiger partial charge on any atom is -0.361 e.